The normalized spacial score (nSPS) is 24.5. The topological polar surface area (TPSA) is 38.8 Å². The highest BCUT2D eigenvalue weighted by molar-refractivity contribution is 5.68. The fourth-order valence-corrected chi connectivity index (χ4v) is 1.52. The third-order valence-electron chi connectivity index (χ3n) is 2.23. The summed E-state index contributed by atoms with van der Waals surface area (Å²) in [6.07, 6.45) is 2.64. The lowest BCUT2D eigenvalue weighted by atomic mass is 10.2. The van der Waals surface area contributed by atoms with E-state index in [4.69, 9.17) is 15.9 Å². The van der Waals surface area contributed by atoms with Crippen LogP contribution in [0.1, 0.15) is 20.8 Å². The summed E-state index contributed by atoms with van der Waals surface area (Å²) in [6.45, 7) is 5.51. The molecule has 1 aliphatic heterocycles. The van der Waals surface area contributed by atoms with Gasteiger partial charge in [0.15, 0.2) is 0 Å². The van der Waals surface area contributed by atoms with E-state index < -0.39 is 24.0 Å². The summed E-state index contributed by atoms with van der Waals surface area (Å²) < 4.78 is 23.8. The molecule has 96 valence electrons. The Hall–Kier alpha value is -1.28. The van der Waals surface area contributed by atoms with Crippen molar-refractivity contribution in [1.29, 1.82) is 0 Å². The number of likely N-dealkylation sites (tertiary alicyclic amines) is 1. The molecule has 1 rings (SSSR count). The molecule has 5 heteroatoms. The van der Waals surface area contributed by atoms with Crippen LogP contribution in [0.5, 0.6) is 0 Å². The van der Waals surface area contributed by atoms with E-state index in [1.54, 1.807) is 20.8 Å². The lowest BCUT2D eigenvalue weighted by Gasteiger charge is -2.24. The predicted molar refractivity (Wildman–Crippen MR) is 61.3 cm³/mol. The smallest absolute Gasteiger partial charge is 0.410 e. The van der Waals surface area contributed by atoms with Crippen LogP contribution in [0.25, 0.3) is 0 Å². The summed E-state index contributed by atoms with van der Waals surface area (Å²) in [5, 5.41) is 0. The van der Waals surface area contributed by atoms with Crippen molar-refractivity contribution in [3.05, 3.63) is 0 Å². The maximum absolute atomic E-state index is 13.5. The van der Waals surface area contributed by atoms with Crippen molar-refractivity contribution in [1.82, 2.24) is 4.90 Å². The second-order valence-corrected chi connectivity index (χ2v) is 4.95. The highest BCUT2D eigenvalue weighted by Crippen LogP contribution is 2.19. The summed E-state index contributed by atoms with van der Waals surface area (Å²) in [5.74, 6) is 2.27. The molecule has 0 aromatic carbocycles. The van der Waals surface area contributed by atoms with Gasteiger partial charge in [0.2, 0.25) is 0 Å². The van der Waals surface area contributed by atoms with Crippen molar-refractivity contribution in [2.24, 2.45) is 0 Å². The maximum Gasteiger partial charge on any atom is 0.410 e. The van der Waals surface area contributed by atoms with E-state index >= 15 is 0 Å². The first kappa shape index (κ1) is 13.8. The number of alkyl halides is 1. The zero-order valence-electron chi connectivity index (χ0n) is 10.4. The largest absolute Gasteiger partial charge is 0.444 e. The third-order valence-corrected chi connectivity index (χ3v) is 2.23. The van der Waals surface area contributed by atoms with Crippen LogP contribution in [0, 0.1) is 12.3 Å². The standard InChI is InChI=1S/C12H18FNO3/c1-5-6-16-10-8-14(7-9(10)13)11(15)17-12(2,3)4/h1,9-10H,6-8H2,2-4H3. The Labute approximate surface area is 101 Å². The Morgan fingerprint density at radius 2 is 2.18 bits per heavy atom. The van der Waals surface area contributed by atoms with Gasteiger partial charge < -0.3 is 14.4 Å². The van der Waals surface area contributed by atoms with Gasteiger partial charge in [0.05, 0.1) is 13.1 Å². The van der Waals surface area contributed by atoms with Gasteiger partial charge in [-0.05, 0) is 20.8 Å². The van der Waals surface area contributed by atoms with Crippen LogP contribution in [0.3, 0.4) is 0 Å². The van der Waals surface area contributed by atoms with Crippen molar-refractivity contribution in [2.45, 2.75) is 38.6 Å². The number of nitrogens with zero attached hydrogens (tertiary/aromatic N) is 1. The molecule has 0 N–H and O–H groups in total. The van der Waals surface area contributed by atoms with E-state index in [0.717, 1.165) is 0 Å². The number of ether oxygens (including phenoxy) is 2. The summed E-state index contributed by atoms with van der Waals surface area (Å²) in [7, 11) is 0. The molecular formula is C12H18FNO3. The van der Waals surface area contributed by atoms with Gasteiger partial charge in [0.25, 0.3) is 0 Å². The van der Waals surface area contributed by atoms with Crippen molar-refractivity contribution >= 4 is 6.09 Å². The van der Waals surface area contributed by atoms with Crippen LogP contribution in [-0.2, 0) is 9.47 Å². The molecule has 0 spiro atoms. The Morgan fingerprint density at radius 1 is 1.53 bits per heavy atom. The molecule has 1 aliphatic rings. The molecule has 1 amide bonds. The Morgan fingerprint density at radius 3 is 2.71 bits per heavy atom. The zero-order valence-corrected chi connectivity index (χ0v) is 10.4. The number of terminal acetylenes is 1. The minimum Gasteiger partial charge on any atom is -0.444 e. The van der Waals surface area contributed by atoms with Crippen molar-refractivity contribution < 1.29 is 18.7 Å². The van der Waals surface area contributed by atoms with Gasteiger partial charge >= 0.3 is 6.09 Å². The number of carbonyl (C=O) groups is 1. The van der Waals surface area contributed by atoms with E-state index in [0.29, 0.717) is 0 Å². The average molecular weight is 243 g/mol. The molecule has 4 nitrogen and oxygen atoms in total. The lowest BCUT2D eigenvalue weighted by molar-refractivity contribution is 0.0223. The molecular weight excluding hydrogens is 225 g/mol. The summed E-state index contributed by atoms with van der Waals surface area (Å²) in [6, 6.07) is 0. The van der Waals surface area contributed by atoms with Crippen LogP contribution >= 0.6 is 0 Å². The van der Waals surface area contributed by atoms with Crippen molar-refractivity contribution in [3.63, 3.8) is 0 Å². The molecule has 0 aliphatic carbocycles. The fraction of sp³-hybridized carbons (Fsp3) is 0.750. The molecule has 0 radical (unpaired) electrons. The summed E-state index contributed by atoms with van der Waals surface area (Å²) in [4.78, 5) is 13.0. The lowest BCUT2D eigenvalue weighted by Crippen LogP contribution is -2.36. The first-order chi connectivity index (χ1) is 7.83. The Kier molecular flexibility index (Phi) is 4.35. The highest BCUT2D eigenvalue weighted by atomic mass is 19.1. The molecule has 0 saturated carbocycles. The van der Waals surface area contributed by atoms with Gasteiger partial charge in [-0.2, -0.15) is 0 Å². The van der Waals surface area contributed by atoms with E-state index in [2.05, 4.69) is 5.92 Å². The number of hydrogen-bond donors (Lipinski definition) is 0. The predicted octanol–water partition coefficient (Wildman–Crippen LogP) is 1.59. The number of rotatable bonds is 2. The first-order valence-corrected chi connectivity index (χ1v) is 5.50. The maximum atomic E-state index is 13.5. The van der Waals surface area contributed by atoms with Gasteiger partial charge in [-0.25, -0.2) is 9.18 Å². The third kappa shape index (κ3) is 4.23. The number of halogens is 1. The molecule has 1 saturated heterocycles. The number of hydrogen-bond acceptors (Lipinski definition) is 3. The summed E-state index contributed by atoms with van der Waals surface area (Å²) in [5.41, 5.74) is -0.583. The Balaban J connectivity index is 2.48. The van der Waals surface area contributed by atoms with Gasteiger partial charge in [-0.15, -0.1) is 6.42 Å². The monoisotopic (exact) mass is 243 g/mol. The van der Waals surface area contributed by atoms with E-state index in [1.165, 1.54) is 4.90 Å². The minimum atomic E-state index is -1.21. The van der Waals surface area contributed by atoms with Gasteiger partial charge in [0.1, 0.15) is 24.5 Å². The van der Waals surface area contributed by atoms with Crippen LogP contribution in [0.2, 0.25) is 0 Å². The Bertz CT molecular complexity index is 319. The van der Waals surface area contributed by atoms with Crippen molar-refractivity contribution in [2.75, 3.05) is 19.7 Å². The molecule has 0 aromatic heterocycles. The molecule has 1 heterocycles. The average Bonchev–Trinajstić information content (AvgIpc) is 2.54. The zero-order chi connectivity index (χ0) is 13.1. The molecule has 2 unspecified atom stereocenters. The SMILES string of the molecule is C#CCOC1CN(C(=O)OC(C)(C)C)CC1F. The van der Waals surface area contributed by atoms with Gasteiger partial charge in [0, 0.05) is 0 Å². The summed E-state index contributed by atoms with van der Waals surface area (Å²) >= 11 is 0. The molecule has 17 heavy (non-hydrogen) atoms. The van der Waals surface area contributed by atoms with Crippen LogP contribution < -0.4 is 0 Å². The van der Waals surface area contributed by atoms with Gasteiger partial charge in [-0.3, -0.25) is 0 Å². The number of carbonyl (C=O) groups excluding carboxylic acids is 1. The van der Waals surface area contributed by atoms with Crippen LogP contribution in [-0.4, -0.2) is 48.6 Å². The second kappa shape index (κ2) is 5.37. The molecule has 1 fully saturated rings. The highest BCUT2D eigenvalue weighted by Gasteiger charge is 2.37. The van der Waals surface area contributed by atoms with E-state index in [1.807, 2.05) is 0 Å². The molecule has 0 aromatic rings. The number of amides is 1. The first-order valence-electron chi connectivity index (χ1n) is 5.50. The van der Waals surface area contributed by atoms with Crippen LogP contribution in [0.15, 0.2) is 0 Å². The van der Waals surface area contributed by atoms with Crippen molar-refractivity contribution in [3.8, 4) is 12.3 Å². The molecule has 0 bridgehead atoms. The molecule has 2 atom stereocenters. The quantitative estimate of drug-likeness (QED) is 0.691. The van der Waals surface area contributed by atoms with Gasteiger partial charge in [-0.1, -0.05) is 5.92 Å². The second-order valence-electron chi connectivity index (χ2n) is 4.95. The van der Waals surface area contributed by atoms with Crippen LogP contribution in [0.4, 0.5) is 9.18 Å². The fourth-order valence-electron chi connectivity index (χ4n) is 1.52. The van der Waals surface area contributed by atoms with E-state index in [9.17, 15) is 9.18 Å². The van der Waals surface area contributed by atoms with E-state index in [-0.39, 0.29) is 19.7 Å². The minimum absolute atomic E-state index is 0.00977.